The van der Waals surface area contributed by atoms with Crippen molar-refractivity contribution >= 4 is 11.8 Å². The maximum atomic E-state index is 13.4. The van der Waals surface area contributed by atoms with Crippen molar-refractivity contribution in [3.05, 3.63) is 59.2 Å². The number of rotatable bonds is 10. The summed E-state index contributed by atoms with van der Waals surface area (Å²) < 4.78 is 11.1. The fraction of sp³-hybridized carbons (Fsp3) is 0.481. The second-order valence-electron chi connectivity index (χ2n) is 8.90. The molecule has 6 nitrogen and oxygen atoms in total. The molecule has 0 heterocycles. The molecule has 0 radical (unpaired) electrons. The molecule has 0 spiro atoms. The molecule has 1 fully saturated rings. The minimum atomic E-state index is -0.553. The molecule has 1 aliphatic carbocycles. The van der Waals surface area contributed by atoms with Crippen LogP contribution in [0.5, 0.6) is 11.5 Å². The number of aryl methyl sites for hydroxylation is 2. The largest absolute Gasteiger partial charge is 0.497 e. The molecule has 1 unspecified atom stereocenters. The van der Waals surface area contributed by atoms with E-state index in [1.165, 1.54) is 0 Å². The number of amides is 2. The van der Waals surface area contributed by atoms with Crippen LogP contribution in [0.4, 0.5) is 0 Å². The Kier molecular flexibility index (Phi) is 8.75. The first-order valence-electron chi connectivity index (χ1n) is 11.8. The Hall–Kier alpha value is -3.02. The van der Waals surface area contributed by atoms with E-state index in [2.05, 4.69) is 11.4 Å². The third-order valence-electron chi connectivity index (χ3n) is 6.16. The average Bonchev–Trinajstić information content (AvgIpc) is 3.30. The highest BCUT2D eigenvalue weighted by Crippen LogP contribution is 2.21. The van der Waals surface area contributed by atoms with E-state index in [0.717, 1.165) is 48.1 Å². The summed E-state index contributed by atoms with van der Waals surface area (Å²) in [6.45, 7) is 6.15. The van der Waals surface area contributed by atoms with Gasteiger partial charge in [-0.1, -0.05) is 38.0 Å². The van der Waals surface area contributed by atoms with Gasteiger partial charge in [0.1, 0.15) is 17.5 Å². The van der Waals surface area contributed by atoms with Crippen LogP contribution in [-0.2, 0) is 16.1 Å². The van der Waals surface area contributed by atoms with Crippen LogP contribution in [-0.4, -0.2) is 42.5 Å². The van der Waals surface area contributed by atoms with Crippen LogP contribution < -0.4 is 14.8 Å². The average molecular weight is 453 g/mol. The van der Waals surface area contributed by atoms with Crippen LogP contribution in [0.25, 0.3) is 0 Å². The van der Waals surface area contributed by atoms with Gasteiger partial charge in [-0.05, 0) is 74.1 Å². The summed E-state index contributed by atoms with van der Waals surface area (Å²) in [5, 5.41) is 3.16. The van der Waals surface area contributed by atoms with E-state index in [0.29, 0.717) is 18.7 Å². The van der Waals surface area contributed by atoms with Crippen molar-refractivity contribution in [3.8, 4) is 11.5 Å². The highest BCUT2D eigenvalue weighted by atomic mass is 16.5. The van der Waals surface area contributed by atoms with Crippen LogP contribution in [0.15, 0.2) is 42.5 Å². The van der Waals surface area contributed by atoms with Crippen molar-refractivity contribution in [2.75, 3.05) is 13.7 Å². The molecule has 0 bridgehead atoms. The van der Waals surface area contributed by atoms with Gasteiger partial charge in [0.25, 0.3) is 5.91 Å². The van der Waals surface area contributed by atoms with Crippen molar-refractivity contribution in [1.82, 2.24) is 10.2 Å². The number of nitrogens with one attached hydrogen (secondary N) is 1. The molecule has 1 atom stereocenters. The number of carbonyl (C=O) groups is 2. The Balaban J connectivity index is 1.77. The van der Waals surface area contributed by atoms with Crippen molar-refractivity contribution in [1.29, 1.82) is 0 Å². The summed E-state index contributed by atoms with van der Waals surface area (Å²) in [6.07, 6.45) is 4.82. The molecule has 0 saturated heterocycles. The Morgan fingerprint density at radius 3 is 2.24 bits per heavy atom. The third kappa shape index (κ3) is 6.98. The lowest BCUT2D eigenvalue weighted by Crippen LogP contribution is -2.52. The quantitative estimate of drug-likeness (QED) is 0.574. The molecule has 2 aromatic rings. The van der Waals surface area contributed by atoms with Crippen molar-refractivity contribution in [2.24, 2.45) is 0 Å². The molecular weight excluding hydrogens is 416 g/mol. The second kappa shape index (κ2) is 11.7. The van der Waals surface area contributed by atoms with Crippen LogP contribution in [0, 0.1) is 13.8 Å². The van der Waals surface area contributed by atoms with Gasteiger partial charge in [0.05, 0.1) is 7.11 Å². The van der Waals surface area contributed by atoms with Crippen LogP contribution in [0.2, 0.25) is 0 Å². The van der Waals surface area contributed by atoms with Crippen molar-refractivity contribution in [3.63, 3.8) is 0 Å². The summed E-state index contributed by atoms with van der Waals surface area (Å²) >= 11 is 0. The summed E-state index contributed by atoms with van der Waals surface area (Å²) in [7, 11) is 1.62. The van der Waals surface area contributed by atoms with Crippen LogP contribution in [0.1, 0.15) is 55.7 Å². The lowest BCUT2D eigenvalue weighted by Gasteiger charge is -2.31. The number of hydrogen-bond donors (Lipinski definition) is 1. The summed E-state index contributed by atoms with van der Waals surface area (Å²) in [5.74, 6) is 1.12. The van der Waals surface area contributed by atoms with Gasteiger partial charge in [0, 0.05) is 12.6 Å². The van der Waals surface area contributed by atoms with Gasteiger partial charge in [-0.2, -0.15) is 0 Å². The maximum absolute atomic E-state index is 13.4. The smallest absolute Gasteiger partial charge is 0.261 e. The number of ether oxygens (including phenoxy) is 2. The predicted octanol–water partition coefficient (Wildman–Crippen LogP) is 4.56. The van der Waals surface area contributed by atoms with Gasteiger partial charge in [0.15, 0.2) is 6.61 Å². The molecule has 0 aromatic heterocycles. The van der Waals surface area contributed by atoms with E-state index in [4.69, 9.17) is 9.47 Å². The first-order chi connectivity index (χ1) is 15.9. The number of methoxy groups -OCH3 is 1. The molecule has 2 amide bonds. The summed E-state index contributed by atoms with van der Waals surface area (Å²) in [6, 6.07) is 13.1. The maximum Gasteiger partial charge on any atom is 0.261 e. The molecular formula is C27H36N2O4. The normalized spacial score (nSPS) is 14.5. The van der Waals surface area contributed by atoms with E-state index in [1.807, 2.05) is 57.2 Å². The highest BCUT2D eigenvalue weighted by Gasteiger charge is 2.30. The number of hydrogen-bond acceptors (Lipinski definition) is 4. The molecule has 33 heavy (non-hydrogen) atoms. The van der Waals surface area contributed by atoms with Gasteiger partial charge in [-0.15, -0.1) is 0 Å². The molecule has 1 saturated carbocycles. The molecule has 2 aromatic carbocycles. The number of benzene rings is 2. The SMILES string of the molecule is CCC(C(=O)NC1CCCC1)N(Cc1ccc(OC)cc1)C(=O)COc1cc(C)cc(C)c1. The monoisotopic (exact) mass is 452 g/mol. The molecule has 1 N–H and O–H groups in total. The van der Waals surface area contributed by atoms with Crippen LogP contribution >= 0.6 is 0 Å². The van der Waals surface area contributed by atoms with Gasteiger partial charge in [-0.3, -0.25) is 9.59 Å². The second-order valence-corrected chi connectivity index (χ2v) is 8.90. The molecule has 1 aliphatic rings. The van der Waals surface area contributed by atoms with E-state index in [-0.39, 0.29) is 24.5 Å². The predicted molar refractivity (Wildman–Crippen MR) is 129 cm³/mol. The van der Waals surface area contributed by atoms with E-state index < -0.39 is 6.04 Å². The van der Waals surface area contributed by atoms with Gasteiger partial charge in [-0.25, -0.2) is 0 Å². The minimum Gasteiger partial charge on any atom is -0.497 e. The Morgan fingerprint density at radius 2 is 1.67 bits per heavy atom. The first-order valence-corrected chi connectivity index (χ1v) is 11.8. The van der Waals surface area contributed by atoms with Gasteiger partial charge < -0.3 is 19.7 Å². The Morgan fingerprint density at radius 1 is 1.03 bits per heavy atom. The highest BCUT2D eigenvalue weighted by molar-refractivity contribution is 5.88. The van der Waals surface area contributed by atoms with E-state index >= 15 is 0 Å². The first kappa shape index (κ1) is 24.6. The molecule has 0 aliphatic heterocycles. The van der Waals surface area contributed by atoms with Crippen molar-refractivity contribution < 1.29 is 19.1 Å². The lowest BCUT2D eigenvalue weighted by atomic mass is 10.1. The Labute approximate surface area is 197 Å². The lowest BCUT2D eigenvalue weighted by molar-refractivity contribution is -0.143. The minimum absolute atomic E-state index is 0.0855. The van der Waals surface area contributed by atoms with Gasteiger partial charge >= 0.3 is 0 Å². The fourth-order valence-corrected chi connectivity index (χ4v) is 4.46. The van der Waals surface area contributed by atoms with E-state index in [9.17, 15) is 9.59 Å². The summed E-state index contributed by atoms with van der Waals surface area (Å²) in [4.78, 5) is 28.2. The zero-order valence-corrected chi connectivity index (χ0v) is 20.2. The zero-order valence-electron chi connectivity index (χ0n) is 20.2. The van der Waals surface area contributed by atoms with Crippen LogP contribution in [0.3, 0.4) is 0 Å². The van der Waals surface area contributed by atoms with E-state index in [1.54, 1.807) is 12.0 Å². The zero-order chi connectivity index (χ0) is 23.8. The fourth-order valence-electron chi connectivity index (χ4n) is 4.46. The van der Waals surface area contributed by atoms with Gasteiger partial charge in [0.2, 0.25) is 5.91 Å². The summed E-state index contributed by atoms with van der Waals surface area (Å²) in [5.41, 5.74) is 3.09. The number of nitrogens with zero attached hydrogens (tertiary/aromatic N) is 1. The number of carbonyl (C=O) groups excluding carboxylic acids is 2. The Bertz CT molecular complexity index is 915. The molecule has 178 valence electrons. The standard InChI is InChI=1S/C27H36N2O4/c1-5-25(27(31)28-22-8-6-7-9-22)29(17-21-10-12-23(32-4)13-11-21)26(30)18-33-24-15-19(2)14-20(3)16-24/h10-16,22,25H,5-9,17-18H2,1-4H3,(H,28,31). The topological polar surface area (TPSA) is 67.9 Å². The molecule has 6 heteroatoms. The third-order valence-corrected chi connectivity index (χ3v) is 6.16. The van der Waals surface area contributed by atoms with Crippen molar-refractivity contribution in [2.45, 2.75) is 71.5 Å². The molecule has 3 rings (SSSR count).